The Bertz CT molecular complexity index is 574. The summed E-state index contributed by atoms with van der Waals surface area (Å²) in [6, 6.07) is 6.01. The van der Waals surface area contributed by atoms with Gasteiger partial charge in [-0.1, -0.05) is 12.1 Å². The van der Waals surface area contributed by atoms with Crippen LogP contribution >= 0.6 is 0 Å². The van der Waals surface area contributed by atoms with Crippen molar-refractivity contribution in [1.29, 1.82) is 0 Å². The van der Waals surface area contributed by atoms with E-state index in [0.29, 0.717) is 18.7 Å². The Morgan fingerprint density at radius 2 is 2.00 bits per heavy atom. The summed E-state index contributed by atoms with van der Waals surface area (Å²) in [5.41, 5.74) is 0.505. The summed E-state index contributed by atoms with van der Waals surface area (Å²) in [6.45, 7) is 2.51. The van der Waals surface area contributed by atoms with Gasteiger partial charge in [0.1, 0.15) is 0 Å². The van der Waals surface area contributed by atoms with E-state index in [1.807, 2.05) is 0 Å². The number of nitrogens with zero attached hydrogens (tertiary/aromatic N) is 1. The van der Waals surface area contributed by atoms with E-state index in [1.165, 1.54) is 35.5 Å². The van der Waals surface area contributed by atoms with Gasteiger partial charge in [0.2, 0.25) is 10.0 Å². The number of ether oxygens (including phenoxy) is 1. The van der Waals surface area contributed by atoms with Gasteiger partial charge in [-0.2, -0.15) is 4.31 Å². The van der Waals surface area contributed by atoms with E-state index in [0.717, 1.165) is 12.8 Å². The predicted octanol–water partition coefficient (Wildman–Crippen LogP) is 1.69. The molecule has 1 aromatic carbocycles. The Labute approximate surface area is 119 Å². The maximum Gasteiger partial charge on any atom is 0.242 e. The third kappa shape index (κ3) is 3.26. The van der Waals surface area contributed by atoms with E-state index in [1.54, 1.807) is 7.05 Å². The van der Waals surface area contributed by atoms with E-state index in [2.05, 4.69) is 0 Å². The van der Waals surface area contributed by atoms with Crippen LogP contribution in [-0.2, 0) is 14.8 Å². The summed E-state index contributed by atoms with van der Waals surface area (Å²) in [7, 11) is -1.98. The molecule has 1 fully saturated rings. The second-order valence-electron chi connectivity index (χ2n) is 5.00. The minimum absolute atomic E-state index is 0.0220. The number of Topliss-reactive ketones (excluding diaryl/α,β-unsaturated/α-hetero) is 1. The molecule has 110 valence electrons. The normalized spacial score (nSPS) is 19.4. The molecule has 0 saturated carbocycles. The van der Waals surface area contributed by atoms with E-state index < -0.39 is 10.0 Å². The van der Waals surface area contributed by atoms with E-state index in [4.69, 9.17) is 4.74 Å². The van der Waals surface area contributed by atoms with Gasteiger partial charge in [-0.15, -0.1) is 0 Å². The van der Waals surface area contributed by atoms with Crippen molar-refractivity contribution in [3.63, 3.8) is 0 Å². The number of likely N-dealkylation sites (N-methyl/N-ethyl adjacent to an activating group) is 1. The molecule has 2 rings (SSSR count). The fraction of sp³-hybridized carbons (Fsp3) is 0.500. The third-order valence-corrected chi connectivity index (χ3v) is 5.29. The average Bonchev–Trinajstić information content (AvgIpc) is 2.91. The van der Waals surface area contributed by atoms with Gasteiger partial charge in [0.25, 0.3) is 0 Å². The SMILES string of the molecule is CC(=O)c1ccc(S(=O)(=O)N(C)CC2CCCO2)cc1. The monoisotopic (exact) mass is 297 g/mol. The number of carbonyl (C=O) groups excluding carboxylic acids is 1. The Kier molecular flexibility index (Phi) is 4.57. The fourth-order valence-corrected chi connectivity index (χ4v) is 3.42. The first-order valence-electron chi connectivity index (χ1n) is 6.60. The summed E-state index contributed by atoms with van der Waals surface area (Å²) in [4.78, 5) is 11.4. The van der Waals surface area contributed by atoms with Crippen molar-refractivity contribution >= 4 is 15.8 Å². The molecule has 1 aliphatic rings. The smallest absolute Gasteiger partial charge is 0.242 e. The molecule has 20 heavy (non-hydrogen) atoms. The lowest BCUT2D eigenvalue weighted by atomic mass is 10.2. The summed E-state index contributed by atoms with van der Waals surface area (Å²) in [5, 5.41) is 0. The van der Waals surface area contributed by atoms with Crippen LogP contribution in [0.3, 0.4) is 0 Å². The molecule has 0 spiro atoms. The number of ketones is 1. The van der Waals surface area contributed by atoms with Crippen LogP contribution in [-0.4, -0.2) is 44.8 Å². The molecule has 0 bridgehead atoms. The van der Waals surface area contributed by atoms with Crippen molar-refractivity contribution in [3.05, 3.63) is 29.8 Å². The topological polar surface area (TPSA) is 63.7 Å². The molecule has 1 unspecified atom stereocenters. The van der Waals surface area contributed by atoms with Crippen molar-refractivity contribution in [3.8, 4) is 0 Å². The quantitative estimate of drug-likeness (QED) is 0.776. The predicted molar refractivity (Wildman–Crippen MR) is 75.2 cm³/mol. The maximum atomic E-state index is 12.4. The Morgan fingerprint density at radius 1 is 1.35 bits per heavy atom. The molecule has 0 aliphatic carbocycles. The van der Waals surface area contributed by atoms with Crippen molar-refractivity contribution in [1.82, 2.24) is 4.31 Å². The molecular formula is C14H19NO4S. The highest BCUT2D eigenvalue weighted by atomic mass is 32.2. The first-order valence-corrected chi connectivity index (χ1v) is 8.04. The minimum atomic E-state index is -3.53. The van der Waals surface area contributed by atoms with E-state index in [-0.39, 0.29) is 16.8 Å². The average molecular weight is 297 g/mol. The van der Waals surface area contributed by atoms with E-state index >= 15 is 0 Å². The number of hydrogen-bond acceptors (Lipinski definition) is 4. The Morgan fingerprint density at radius 3 is 2.50 bits per heavy atom. The number of benzene rings is 1. The molecule has 0 amide bonds. The lowest BCUT2D eigenvalue weighted by Gasteiger charge is -2.20. The maximum absolute atomic E-state index is 12.4. The van der Waals surface area contributed by atoms with Gasteiger partial charge in [-0.05, 0) is 31.9 Å². The van der Waals surface area contributed by atoms with Crippen LogP contribution in [0.1, 0.15) is 30.1 Å². The van der Waals surface area contributed by atoms with Crippen molar-refractivity contribution < 1.29 is 17.9 Å². The molecule has 1 aromatic rings. The largest absolute Gasteiger partial charge is 0.377 e. The van der Waals surface area contributed by atoms with Crippen LogP contribution in [0, 0.1) is 0 Å². The number of sulfonamides is 1. The van der Waals surface area contributed by atoms with Gasteiger partial charge >= 0.3 is 0 Å². The summed E-state index contributed by atoms with van der Waals surface area (Å²) in [5.74, 6) is -0.0818. The van der Waals surface area contributed by atoms with Crippen molar-refractivity contribution in [2.24, 2.45) is 0 Å². The first-order chi connectivity index (χ1) is 9.41. The zero-order chi connectivity index (χ0) is 14.8. The molecule has 1 heterocycles. The molecule has 0 radical (unpaired) electrons. The van der Waals surface area contributed by atoms with Gasteiger partial charge in [-0.25, -0.2) is 8.42 Å². The van der Waals surface area contributed by atoms with Crippen LogP contribution in [0.25, 0.3) is 0 Å². The zero-order valence-electron chi connectivity index (χ0n) is 11.7. The first kappa shape index (κ1) is 15.2. The van der Waals surface area contributed by atoms with Gasteiger partial charge < -0.3 is 4.74 Å². The molecule has 1 saturated heterocycles. The zero-order valence-corrected chi connectivity index (χ0v) is 12.5. The highest BCUT2D eigenvalue weighted by molar-refractivity contribution is 7.89. The van der Waals surface area contributed by atoms with Gasteiger partial charge in [0.15, 0.2) is 5.78 Å². The third-order valence-electron chi connectivity index (χ3n) is 3.45. The van der Waals surface area contributed by atoms with Gasteiger partial charge in [-0.3, -0.25) is 4.79 Å². The molecule has 0 aromatic heterocycles. The lowest BCUT2D eigenvalue weighted by molar-refractivity contribution is 0.0979. The highest BCUT2D eigenvalue weighted by Crippen LogP contribution is 2.19. The Balaban J connectivity index is 2.13. The standard InChI is InChI=1S/C14H19NO4S/c1-11(16)12-5-7-14(8-6-12)20(17,18)15(2)10-13-4-3-9-19-13/h5-8,13H,3-4,9-10H2,1-2H3. The Hall–Kier alpha value is -1.24. The van der Waals surface area contributed by atoms with Gasteiger partial charge in [0.05, 0.1) is 11.0 Å². The number of carbonyl (C=O) groups is 1. The lowest BCUT2D eigenvalue weighted by Crippen LogP contribution is -2.34. The van der Waals surface area contributed by atoms with Crippen molar-refractivity contribution in [2.45, 2.75) is 30.8 Å². The van der Waals surface area contributed by atoms with E-state index in [9.17, 15) is 13.2 Å². The van der Waals surface area contributed by atoms with Crippen molar-refractivity contribution in [2.75, 3.05) is 20.2 Å². The molecule has 5 nitrogen and oxygen atoms in total. The molecule has 1 aliphatic heterocycles. The van der Waals surface area contributed by atoms with Crippen LogP contribution in [0.2, 0.25) is 0 Å². The summed E-state index contributed by atoms with van der Waals surface area (Å²) < 4.78 is 31.5. The minimum Gasteiger partial charge on any atom is -0.377 e. The number of rotatable bonds is 5. The highest BCUT2D eigenvalue weighted by Gasteiger charge is 2.26. The second-order valence-corrected chi connectivity index (χ2v) is 7.05. The molecule has 1 atom stereocenters. The second kappa shape index (κ2) is 6.03. The summed E-state index contributed by atoms with van der Waals surface area (Å²) >= 11 is 0. The summed E-state index contributed by atoms with van der Waals surface area (Å²) in [6.07, 6.45) is 1.85. The van der Waals surface area contributed by atoms with Crippen LogP contribution < -0.4 is 0 Å². The molecule has 6 heteroatoms. The van der Waals surface area contributed by atoms with Crippen LogP contribution in [0.15, 0.2) is 29.2 Å². The van der Waals surface area contributed by atoms with Gasteiger partial charge in [0, 0.05) is 25.8 Å². The number of hydrogen-bond donors (Lipinski definition) is 0. The van der Waals surface area contributed by atoms with Crippen LogP contribution in [0.4, 0.5) is 0 Å². The molecule has 0 N–H and O–H groups in total. The molecular weight excluding hydrogens is 278 g/mol. The fourth-order valence-electron chi connectivity index (χ4n) is 2.21. The van der Waals surface area contributed by atoms with Crippen LogP contribution in [0.5, 0.6) is 0 Å².